The van der Waals surface area contributed by atoms with Crippen LogP contribution >= 0.6 is 0 Å². The predicted molar refractivity (Wildman–Crippen MR) is 119 cm³/mol. The third kappa shape index (κ3) is 5.07. The van der Waals surface area contributed by atoms with Gasteiger partial charge in [0.05, 0.1) is 18.5 Å². The average Bonchev–Trinajstić information content (AvgIpc) is 2.78. The summed E-state index contributed by atoms with van der Waals surface area (Å²) < 4.78 is 0. The predicted octanol–water partition coefficient (Wildman–Crippen LogP) is 2.28. The van der Waals surface area contributed by atoms with Gasteiger partial charge < -0.3 is 15.1 Å². The summed E-state index contributed by atoms with van der Waals surface area (Å²) in [5.74, 6) is 0.0843. The van der Waals surface area contributed by atoms with Gasteiger partial charge in [0.15, 0.2) is 0 Å². The first kappa shape index (κ1) is 21.5. The minimum absolute atomic E-state index is 0.0164. The summed E-state index contributed by atoms with van der Waals surface area (Å²) in [6, 6.07) is 15.9. The maximum atomic E-state index is 12.3. The molecule has 9 nitrogen and oxygen atoms in total. The van der Waals surface area contributed by atoms with E-state index in [4.69, 9.17) is 5.11 Å². The summed E-state index contributed by atoms with van der Waals surface area (Å²) in [7, 11) is 0. The van der Waals surface area contributed by atoms with Crippen molar-refractivity contribution in [1.82, 2.24) is 9.97 Å². The molecule has 0 aliphatic heterocycles. The highest BCUT2D eigenvalue weighted by atomic mass is 16.3. The van der Waals surface area contributed by atoms with Crippen LogP contribution < -0.4 is 15.9 Å². The number of hydrazone groups is 1. The summed E-state index contributed by atoms with van der Waals surface area (Å²) in [5, 5.41) is 32.8. The van der Waals surface area contributed by atoms with Gasteiger partial charge in [-0.1, -0.05) is 30.3 Å². The zero-order valence-electron chi connectivity index (χ0n) is 16.9. The van der Waals surface area contributed by atoms with Crippen molar-refractivity contribution >= 4 is 17.9 Å². The molecule has 0 atom stereocenters. The van der Waals surface area contributed by atoms with Gasteiger partial charge in [-0.15, -0.1) is 0 Å². The third-order valence-corrected chi connectivity index (χ3v) is 4.58. The molecule has 31 heavy (non-hydrogen) atoms. The summed E-state index contributed by atoms with van der Waals surface area (Å²) in [6.07, 6.45) is 1.39. The SMILES string of the molecule is CCN(CCO)c1ccc(C=NNc2nc(-c3ccccc3)c(C#N)c(=O)[nH]2)c(O)c1. The van der Waals surface area contributed by atoms with Gasteiger partial charge in [-0.05, 0) is 19.1 Å². The number of phenols is 1. The minimum atomic E-state index is -0.579. The van der Waals surface area contributed by atoms with Crippen LogP contribution in [-0.2, 0) is 0 Å². The number of aliphatic hydroxyl groups is 1. The second-order valence-electron chi connectivity index (χ2n) is 6.53. The van der Waals surface area contributed by atoms with Gasteiger partial charge in [0.1, 0.15) is 17.4 Å². The van der Waals surface area contributed by atoms with Gasteiger partial charge >= 0.3 is 0 Å². The lowest BCUT2D eigenvalue weighted by molar-refractivity contribution is 0.302. The van der Waals surface area contributed by atoms with E-state index in [0.29, 0.717) is 24.2 Å². The Morgan fingerprint density at radius 2 is 2.06 bits per heavy atom. The zero-order valence-corrected chi connectivity index (χ0v) is 16.9. The van der Waals surface area contributed by atoms with Crippen LogP contribution in [0.3, 0.4) is 0 Å². The first-order valence-electron chi connectivity index (χ1n) is 9.65. The highest BCUT2D eigenvalue weighted by Crippen LogP contribution is 2.24. The number of nitrogens with zero attached hydrogens (tertiary/aromatic N) is 4. The number of aromatic hydroxyl groups is 1. The van der Waals surface area contributed by atoms with E-state index in [1.807, 2.05) is 30.0 Å². The fraction of sp³-hybridized carbons (Fsp3) is 0.182. The molecular formula is C22H22N6O3. The van der Waals surface area contributed by atoms with Crippen LogP contribution in [0.2, 0.25) is 0 Å². The molecule has 0 radical (unpaired) electrons. The molecule has 4 N–H and O–H groups in total. The normalized spacial score (nSPS) is 10.7. The molecular weight excluding hydrogens is 396 g/mol. The Kier molecular flexibility index (Phi) is 6.98. The molecule has 1 heterocycles. The van der Waals surface area contributed by atoms with Crippen LogP contribution in [0.15, 0.2) is 58.4 Å². The van der Waals surface area contributed by atoms with Crippen molar-refractivity contribution in [2.45, 2.75) is 6.92 Å². The van der Waals surface area contributed by atoms with Crippen molar-refractivity contribution in [3.05, 3.63) is 70.0 Å². The van der Waals surface area contributed by atoms with Gasteiger partial charge in [0.25, 0.3) is 5.56 Å². The third-order valence-electron chi connectivity index (χ3n) is 4.58. The largest absolute Gasteiger partial charge is 0.507 e. The molecule has 0 saturated heterocycles. The molecule has 9 heteroatoms. The minimum Gasteiger partial charge on any atom is -0.507 e. The number of phenolic OH excluding ortho intramolecular Hbond substituents is 1. The Balaban J connectivity index is 1.82. The van der Waals surface area contributed by atoms with E-state index in [2.05, 4.69) is 20.5 Å². The molecule has 0 unspecified atom stereocenters. The van der Waals surface area contributed by atoms with E-state index in [1.165, 1.54) is 6.21 Å². The number of aliphatic hydroxyl groups excluding tert-OH is 1. The quantitative estimate of drug-likeness (QED) is 0.325. The summed E-state index contributed by atoms with van der Waals surface area (Å²) in [6.45, 7) is 3.13. The monoisotopic (exact) mass is 418 g/mol. The van der Waals surface area contributed by atoms with E-state index in [9.17, 15) is 15.2 Å². The van der Waals surface area contributed by atoms with Crippen molar-refractivity contribution in [2.24, 2.45) is 5.10 Å². The van der Waals surface area contributed by atoms with Gasteiger partial charge in [-0.25, -0.2) is 10.4 Å². The van der Waals surface area contributed by atoms with E-state index >= 15 is 0 Å². The Labute approximate surface area is 178 Å². The summed E-state index contributed by atoms with van der Waals surface area (Å²) in [4.78, 5) is 21.0. The van der Waals surface area contributed by atoms with Gasteiger partial charge in [-0.3, -0.25) is 9.78 Å². The number of anilines is 2. The summed E-state index contributed by atoms with van der Waals surface area (Å²) in [5.41, 5.74) is 4.09. The Bertz CT molecular complexity index is 1170. The van der Waals surface area contributed by atoms with Crippen molar-refractivity contribution in [2.75, 3.05) is 30.0 Å². The van der Waals surface area contributed by atoms with Crippen LogP contribution in [0, 0.1) is 11.3 Å². The Hall–Kier alpha value is -4.16. The molecule has 0 bridgehead atoms. The standard InChI is InChI=1S/C22H22N6O3/c1-2-28(10-11-29)17-9-8-16(19(30)12-17)14-24-27-22-25-20(15-6-4-3-5-7-15)18(13-23)21(31)26-22/h3-9,12,14,29-30H,2,10-11H2,1H3,(H2,25,26,27,31). The Morgan fingerprint density at radius 3 is 2.71 bits per heavy atom. The van der Waals surface area contributed by atoms with Crippen LogP contribution in [0.5, 0.6) is 5.75 Å². The lowest BCUT2D eigenvalue weighted by Crippen LogP contribution is -2.26. The number of rotatable bonds is 8. The number of aromatic nitrogens is 2. The van der Waals surface area contributed by atoms with E-state index in [0.717, 1.165) is 5.69 Å². The van der Waals surface area contributed by atoms with Crippen molar-refractivity contribution in [3.8, 4) is 23.1 Å². The molecule has 0 aliphatic carbocycles. The smallest absolute Gasteiger partial charge is 0.270 e. The first-order chi connectivity index (χ1) is 15.1. The van der Waals surface area contributed by atoms with E-state index in [-0.39, 0.29) is 29.6 Å². The molecule has 3 rings (SSSR count). The molecule has 158 valence electrons. The molecule has 0 fully saturated rings. The van der Waals surface area contributed by atoms with Crippen LogP contribution in [0.1, 0.15) is 18.1 Å². The molecule has 0 amide bonds. The number of nitrogens with one attached hydrogen (secondary N) is 2. The highest BCUT2D eigenvalue weighted by Gasteiger charge is 2.13. The fourth-order valence-corrected chi connectivity index (χ4v) is 3.03. The second kappa shape index (κ2) is 10.0. The molecule has 3 aromatic rings. The maximum Gasteiger partial charge on any atom is 0.270 e. The van der Waals surface area contributed by atoms with Gasteiger partial charge in [-0.2, -0.15) is 10.4 Å². The number of hydrogen-bond acceptors (Lipinski definition) is 8. The molecule has 0 spiro atoms. The van der Waals surface area contributed by atoms with Crippen molar-refractivity contribution in [3.63, 3.8) is 0 Å². The van der Waals surface area contributed by atoms with E-state index < -0.39 is 5.56 Å². The number of benzene rings is 2. The average molecular weight is 418 g/mol. The lowest BCUT2D eigenvalue weighted by Gasteiger charge is -2.22. The topological polar surface area (TPSA) is 138 Å². The van der Waals surface area contributed by atoms with Gasteiger partial charge in [0.2, 0.25) is 5.95 Å². The molecule has 0 saturated carbocycles. The maximum absolute atomic E-state index is 12.3. The highest BCUT2D eigenvalue weighted by molar-refractivity contribution is 5.85. The second-order valence-corrected chi connectivity index (χ2v) is 6.53. The lowest BCUT2D eigenvalue weighted by atomic mass is 10.1. The molecule has 0 aliphatic rings. The van der Waals surface area contributed by atoms with E-state index in [1.54, 1.807) is 36.4 Å². The number of nitriles is 1. The summed E-state index contributed by atoms with van der Waals surface area (Å²) >= 11 is 0. The molecule has 1 aromatic heterocycles. The van der Waals surface area contributed by atoms with Crippen LogP contribution in [0.25, 0.3) is 11.3 Å². The Morgan fingerprint density at radius 1 is 1.29 bits per heavy atom. The van der Waals surface area contributed by atoms with Crippen LogP contribution in [0.4, 0.5) is 11.6 Å². The first-order valence-corrected chi connectivity index (χ1v) is 9.65. The van der Waals surface area contributed by atoms with Gasteiger partial charge in [0, 0.05) is 36.0 Å². The van der Waals surface area contributed by atoms with Crippen LogP contribution in [-0.4, -0.2) is 46.1 Å². The zero-order chi connectivity index (χ0) is 22.2. The molecule has 2 aromatic carbocycles. The number of likely N-dealkylation sites (N-methyl/N-ethyl adjacent to an activating group) is 1. The van der Waals surface area contributed by atoms with Crippen molar-refractivity contribution < 1.29 is 10.2 Å². The van der Waals surface area contributed by atoms with Crippen molar-refractivity contribution in [1.29, 1.82) is 5.26 Å². The fourth-order valence-electron chi connectivity index (χ4n) is 3.03. The number of hydrogen-bond donors (Lipinski definition) is 4. The number of aromatic amines is 1. The number of H-pyrrole nitrogens is 1.